The van der Waals surface area contributed by atoms with Crippen molar-refractivity contribution in [2.24, 2.45) is 0 Å². The van der Waals surface area contributed by atoms with Gasteiger partial charge >= 0.3 is 11.8 Å². The van der Waals surface area contributed by atoms with Crippen molar-refractivity contribution in [3.8, 4) is 5.75 Å². The summed E-state index contributed by atoms with van der Waals surface area (Å²) in [6.45, 7) is 5.76. The summed E-state index contributed by atoms with van der Waals surface area (Å²) < 4.78 is 10.1. The van der Waals surface area contributed by atoms with Crippen LogP contribution < -0.4 is 10.1 Å². The van der Waals surface area contributed by atoms with Crippen molar-refractivity contribution in [3.63, 3.8) is 0 Å². The van der Waals surface area contributed by atoms with Crippen LogP contribution in [0.5, 0.6) is 5.75 Å². The number of carbonyl (C=O) groups excluding carboxylic acids is 1. The number of hydrogen-bond donors (Lipinski definition) is 1. The number of rotatable bonds is 5. The standard InChI is InChI=1S/C15H19N3O3/c1-5-13-17-15(21-18-13)14(19)16-10(3)11-6-7-12(20-4)9(2)8-11/h6-8,10H,5H2,1-4H3,(H,16,19)/t10-/m0/s1. The van der Waals surface area contributed by atoms with Crippen LogP contribution in [0.25, 0.3) is 0 Å². The molecule has 1 aromatic carbocycles. The quantitative estimate of drug-likeness (QED) is 0.914. The van der Waals surface area contributed by atoms with Crippen molar-refractivity contribution >= 4 is 5.91 Å². The zero-order valence-corrected chi connectivity index (χ0v) is 12.6. The Labute approximate surface area is 123 Å². The molecule has 0 saturated carbocycles. The van der Waals surface area contributed by atoms with Crippen LogP contribution in [-0.2, 0) is 6.42 Å². The molecule has 112 valence electrons. The van der Waals surface area contributed by atoms with Gasteiger partial charge in [0.2, 0.25) is 0 Å². The summed E-state index contributed by atoms with van der Waals surface area (Å²) in [5, 5.41) is 6.55. The lowest BCUT2D eigenvalue weighted by Gasteiger charge is -2.14. The van der Waals surface area contributed by atoms with E-state index >= 15 is 0 Å². The fourth-order valence-corrected chi connectivity index (χ4v) is 2.00. The van der Waals surface area contributed by atoms with Crippen molar-refractivity contribution in [1.82, 2.24) is 15.5 Å². The summed E-state index contributed by atoms with van der Waals surface area (Å²) in [5.74, 6) is 0.960. The normalized spacial score (nSPS) is 12.0. The minimum absolute atomic E-state index is 0.0102. The Kier molecular flexibility index (Phi) is 4.57. The molecular weight excluding hydrogens is 270 g/mol. The topological polar surface area (TPSA) is 77.2 Å². The zero-order valence-electron chi connectivity index (χ0n) is 12.6. The Morgan fingerprint density at radius 2 is 2.24 bits per heavy atom. The molecule has 6 nitrogen and oxygen atoms in total. The number of ether oxygens (including phenoxy) is 1. The molecule has 0 spiro atoms. The molecule has 0 aliphatic heterocycles. The van der Waals surface area contributed by atoms with Gasteiger partial charge in [0.25, 0.3) is 0 Å². The summed E-state index contributed by atoms with van der Waals surface area (Å²) in [5.41, 5.74) is 2.00. The number of aromatic nitrogens is 2. The lowest BCUT2D eigenvalue weighted by atomic mass is 10.0. The van der Waals surface area contributed by atoms with Gasteiger partial charge in [0.15, 0.2) is 5.82 Å². The van der Waals surface area contributed by atoms with Gasteiger partial charge in [-0.25, -0.2) is 0 Å². The van der Waals surface area contributed by atoms with Crippen molar-refractivity contribution in [2.75, 3.05) is 7.11 Å². The zero-order chi connectivity index (χ0) is 15.4. The van der Waals surface area contributed by atoms with E-state index in [1.807, 2.05) is 39.0 Å². The Morgan fingerprint density at radius 3 is 2.81 bits per heavy atom. The van der Waals surface area contributed by atoms with E-state index in [0.29, 0.717) is 12.2 Å². The number of carbonyl (C=O) groups is 1. The van der Waals surface area contributed by atoms with E-state index in [2.05, 4.69) is 15.5 Å². The predicted molar refractivity (Wildman–Crippen MR) is 77.3 cm³/mol. The van der Waals surface area contributed by atoms with E-state index < -0.39 is 0 Å². The van der Waals surface area contributed by atoms with Crippen molar-refractivity contribution in [3.05, 3.63) is 41.0 Å². The van der Waals surface area contributed by atoms with E-state index in [1.165, 1.54) is 0 Å². The number of aryl methyl sites for hydroxylation is 2. The van der Waals surface area contributed by atoms with Gasteiger partial charge < -0.3 is 14.6 Å². The number of hydrogen-bond acceptors (Lipinski definition) is 5. The van der Waals surface area contributed by atoms with Crippen LogP contribution in [0.15, 0.2) is 22.7 Å². The highest BCUT2D eigenvalue weighted by atomic mass is 16.5. The van der Waals surface area contributed by atoms with Gasteiger partial charge in [0.05, 0.1) is 13.2 Å². The molecule has 1 aromatic heterocycles. The van der Waals surface area contributed by atoms with E-state index in [1.54, 1.807) is 7.11 Å². The Balaban J connectivity index is 2.08. The first kappa shape index (κ1) is 15.0. The van der Waals surface area contributed by atoms with Gasteiger partial charge in [-0.05, 0) is 31.0 Å². The van der Waals surface area contributed by atoms with Crippen LogP contribution in [-0.4, -0.2) is 23.2 Å². The molecule has 0 unspecified atom stereocenters. The second-order valence-electron chi connectivity index (χ2n) is 4.79. The van der Waals surface area contributed by atoms with Crippen LogP contribution in [0.2, 0.25) is 0 Å². The predicted octanol–water partition coefficient (Wildman–Crippen LogP) is 2.44. The fourth-order valence-electron chi connectivity index (χ4n) is 2.00. The molecule has 0 bridgehead atoms. The van der Waals surface area contributed by atoms with Gasteiger partial charge in [-0.1, -0.05) is 24.2 Å². The first-order valence-corrected chi connectivity index (χ1v) is 6.83. The average Bonchev–Trinajstić information content (AvgIpc) is 2.96. The average molecular weight is 289 g/mol. The first-order valence-electron chi connectivity index (χ1n) is 6.83. The first-order chi connectivity index (χ1) is 10.0. The highest BCUT2D eigenvalue weighted by Crippen LogP contribution is 2.22. The summed E-state index contributed by atoms with van der Waals surface area (Å²) >= 11 is 0. The molecule has 0 saturated heterocycles. The summed E-state index contributed by atoms with van der Waals surface area (Å²) in [6.07, 6.45) is 0.629. The minimum atomic E-state index is -0.372. The Bertz CT molecular complexity index is 637. The maximum Gasteiger partial charge on any atom is 0.315 e. The van der Waals surface area contributed by atoms with Crippen molar-refractivity contribution < 1.29 is 14.1 Å². The number of amides is 1. The summed E-state index contributed by atoms with van der Waals surface area (Å²) in [7, 11) is 1.63. The molecular formula is C15H19N3O3. The van der Waals surface area contributed by atoms with Gasteiger partial charge in [0.1, 0.15) is 5.75 Å². The third kappa shape index (κ3) is 3.39. The van der Waals surface area contributed by atoms with Crippen LogP contribution in [0.4, 0.5) is 0 Å². The molecule has 0 aliphatic rings. The smallest absolute Gasteiger partial charge is 0.315 e. The number of nitrogens with one attached hydrogen (secondary N) is 1. The highest BCUT2D eigenvalue weighted by molar-refractivity contribution is 5.89. The van der Waals surface area contributed by atoms with Gasteiger partial charge in [0, 0.05) is 6.42 Å². The molecule has 0 radical (unpaired) electrons. The molecule has 0 aliphatic carbocycles. The second kappa shape index (κ2) is 6.39. The van der Waals surface area contributed by atoms with Crippen LogP contribution in [0, 0.1) is 6.92 Å². The monoisotopic (exact) mass is 289 g/mol. The lowest BCUT2D eigenvalue weighted by molar-refractivity contribution is 0.0895. The SMILES string of the molecule is CCc1noc(C(=O)N[C@@H](C)c2ccc(OC)c(C)c2)n1. The maximum absolute atomic E-state index is 12.0. The molecule has 1 N–H and O–H groups in total. The van der Waals surface area contributed by atoms with E-state index in [9.17, 15) is 4.79 Å². The largest absolute Gasteiger partial charge is 0.496 e. The van der Waals surface area contributed by atoms with Crippen LogP contribution in [0.1, 0.15) is 47.5 Å². The molecule has 6 heteroatoms. The molecule has 1 atom stereocenters. The Morgan fingerprint density at radius 1 is 1.48 bits per heavy atom. The van der Waals surface area contributed by atoms with Gasteiger partial charge in [-0.3, -0.25) is 4.79 Å². The maximum atomic E-state index is 12.0. The van der Waals surface area contributed by atoms with E-state index in [4.69, 9.17) is 9.26 Å². The highest BCUT2D eigenvalue weighted by Gasteiger charge is 2.18. The van der Waals surface area contributed by atoms with Crippen LogP contribution >= 0.6 is 0 Å². The van der Waals surface area contributed by atoms with E-state index in [0.717, 1.165) is 16.9 Å². The molecule has 0 fully saturated rings. The van der Waals surface area contributed by atoms with Gasteiger partial charge in [-0.15, -0.1) is 0 Å². The summed E-state index contributed by atoms with van der Waals surface area (Å²) in [4.78, 5) is 16.0. The third-order valence-corrected chi connectivity index (χ3v) is 3.25. The van der Waals surface area contributed by atoms with Crippen molar-refractivity contribution in [1.29, 1.82) is 0 Å². The Hall–Kier alpha value is -2.37. The van der Waals surface area contributed by atoms with E-state index in [-0.39, 0.29) is 17.8 Å². The number of benzene rings is 1. The number of nitrogens with zero attached hydrogens (tertiary/aromatic N) is 2. The molecule has 21 heavy (non-hydrogen) atoms. The molecule has 2 aromatic rings. The van der Waals surface area contributed by atoms with Crippen LogP contribution in [0.3, 0.4) is 0 Å². The molecule has 2 rings (SSSR count). The number of methoxy groups -OCH3 is 1. The lowest BCUT2D eigenvalue weighted by Crippen LogP contribution is -2.27. The molecule has 1 heterocycles. The molecule has 1 amide bonds. The third-order valence-electron chi connectivity index (χ3n) is 3.25. The fraction of sp³-hybridized carbons (Fsp3) is 0.400. The van der Waals surface area contributed by atoms with Gasteiger partial charge in [-0.2, -0.15) is 4.98 Å². The van der Waals surface area contributed by atoms with Crippen molar-refractivity contribution in [2.45, 2.75) is 33.2 Å². The summed E-state index contributed by atoms with van der Waals surface area (Å²) in [6, 6.07) is 5.62. The second-order valence-corrected chi connectivity index (χ2v) is 4.79. The minimum Gasteiger partial charge on any atom is -0.496 e.